The summed E-state index contributed by atoms with van der Waals surface area (Å²) in [4.78, 5) is 23.0. The van der Waals surface area contributed by atoms with Crippen molar-refractivity contribution in [1.29, 1.82) is 0 Å². The Balaban J connectivity index is 1.28. The van der Waals surface area contributed by atoms with E-state index in [4.69, 9.17) is 4.98 Å². The summed E-state index contributed by atoms with van der Waals surface area (Å²) in [5.74, 6) is 1.39. The number of fused-ring (bicyclic) bond motifs is 3. The van der Waals surface area contributed by atoms with Gasteiger partial charge in [-0.2, -0.15) is 0 Å². The van der Waals surface area contributed by atoms with Crippen LogP contribution in [0.15, 0.2) is 42.7 Å². The van der Waals surface area contributed by atoms with E-state index in [1.807, 2.05) is 25.1 Å². The van der Waals surface area contributed by atoms with Crippen LogP contribution in [0.1, 0.15) is 12.0 Å². The molecule has 162 valence electrons. The monoisotopic (exact) mass is 447 g/mol. The SMILES string of the molecule is Cc1cccnc1-c1nc2cc(Nc3cc(F)cc(N4C[C@@H]5C[C@H]4CN5C)n3)ncc2s1. The van der Waals surface area contributed by atoms with Gasteiger partial charge < -0.3 is 10.2 Å². The van der Waals surface area contributed by atoms with Crippen LogP contribution in [0.25, 0.3) is 20.9 Å². The van der Waals surface area contributed by atoms with Crippen LogP contribution >= 0.6 is 11.3 Å². The second kappa shape index (κ2) is 7.46. The van der Waals surface area contributed by atoms with Gasteiger partial charge in [-0.15, -0.1) is 11.3 Å². The maximum Gasteiger partial charge on any atom is 0.143 e. The lowest BCUT2D eigenvalue weighted by Gasteiger charge is -2.32. The largest absolute Gasteiger partial charge is 0.351 e. The van der Waals surface area contributed by atoms with Gasteiger partial charge in [-0.05, 0) is 32.0 Å². The molecule has 2 bridgehead atoms. The van der Waals surface area contributed by atoms with Gasteiger partial charge in [0.1, 0.15) is 34.0 Å². The summed E-state index contributed by atoms with van der Waals surface area (Å²) in [7, 11) is 2.15. The molecule has 6 heterocycles. The van der Waals surface area contributed by atoms with Gasteiger partial charge in [0.05, 0.1) is 10.2 Å². The van der Waals surface area contributed by atoms with Crippen LogP contribution in [0.4, 0.5) is 21.8 Å². The topological polar surface area (TPSA) is 70.1 Å². The molecule has 2 aliphatic rings. The highest BCUT2D eigenvalue weighted by atomic mass is 32.1. The number of aryl methyl sites for hydroxylation is 1. The normalized spacial score (nSPS) is 20.4. The van der Waals surface area contributed by atoms with E-state index in [2.05, 4.69) is 37.1 Å². The third-order valence-electron chi connectivity index (χ3n) is 6.33. The first-order chi connectivity index (χ1) is 15.5. The standard InChI is InChI=1S/C23H22FN7S/c1-13-4-3-5-25-22(13)23-27-17-9-19(26-10-18(17)32-23)28-20-6-14(24)7-21(29-20)31-12-15-8-16(31)11-30(15)2/h3-7,9-10,15-16H,8,11-12H2,1-2H3,(H,26,28,29)/t15-,16-/m0/s1. The van der Waals surface area contributed by atoms with Gasteiger partial charge in [-0.25, -0.2) is 19.3 Å². The number of hydrogen-bond acceptors (Lipinski definition) is 8. The quantitative estimate of drug-likeness (QED) is 0.502. The number of likely N-dealkylation sites (tertiary alicyclic amines) is 1. The highest BCUT2D eigenvalue weighted by molar-refractivity contribution is 7.21. The Morgan fingerprint density at radius 1 is 1.09 bits per heavy atom. The molecule has 0 radical (unpaired) electrons. The van der Waals surface area contributed by atoms with Crippen molar-refractivity contribution in [3.8, 4) is 10.7 Å². The van der Waals surface area contributed by atoms with Crippen molar-refractivity contribution in [3.63, 3.8) is 0 Å². The van der Waals surface area contributed by atoms with E-state index < -0.39 is 0 Å². The second-order valence-corrected chi connectivity index (χ2v) is 9.54. The Bertz CT molecular complexity index is 1320. The number of piperazine rings is 1. The van der Waals surface area contributed by atoms with Crippen molar-refractivity contribution < 1.29 is 4.39 Å². The van der Waals surface area contributed by atoms with Gasteiger partial charge in [0.2, 0.25) is 0 Å². The van der Waals surface area contributed by atoms with E-state index in [-0.39, 0.29) is 5.82 Å². The summed E-state index contributed by atoms with van der Waals surface area (Å²) < 4.78 is 15.4. The Morgan fingerprint density at radius 2 is 2.00 bits per heavy atom. The van der Waals surface area contributed by atoms with Gasteiger partial charge in [0, 0.05) is 55.8 Å². The number of anilines is 3. The zero-order valence-corrected chi connectivity index (χ0v) is 18.6. The number of likely N-dealkylation sites (N-methyl/N-ethyl adjacent to an activating group) is 1. The smallest absolute Gasteiger partial charge is 0.143 e. The molecule has 2 saturated heterocycles. The highest BCUT2D eigenvalue weighted by Gasteiger charge is 2.42. The fourth-order valence-electron chi connectivity index (χ4n) is 4.69. The van der Waals surface area contributed by atoms with E-state index in [1.165, 1.54) is 12.1 Å². The highest BCUT2D eigenvalue weighted by Crippen LogP contribution is 2.34. The summed E-state index contributed by atoms with van der Waals surface area (Å²) >= 11 is 1.56. The molecule has 0 spiro atoms. The average Bonchev–Trinajstić information content (AvgIpc) is 3.47. The van der Waals surface area contributed by atoms with Crippen molar-refractivity contribution in [1.82, 2.24) is 24.8 Å². The number of thiazole rings is 1. The van der Waals surface area contributed by atoms with E-state index >= 15 is 0 Å². The fraction of sp³-hybridized carbons (Fsp3) is 0.304. The molecule has 6 rings (SSSR count). The van der Waals surface area contributed by atoms with Crippen molar-refractivity contribution in [3.05, 3.63) is 54.1 Å². The Hall–Kier alpha value is -3.17. The Morgan fingerprint density at radius 3 is 2.78 bits per heavy atom. The van der Waals surface area contributed by atoms with Crippen molar-refractivity contribution in [2.75, 3.05) is 30.4 Å². The first-order valence-electron chi connectivity index (χ1n) is 10.6. The fourth-order valence-corrected chi connectivity index (χ4v) is 5.66. The zero-order chi connectivity index (χ0) is 21.8. The molecule has 0 amide bonds. The minimum Gasteiger partial charge on any atom is -0.351 e. The summed E-state index contributed by atoms with van der Waals surface area (Å²) in [5.41, 5.74) is 2.78. The van der Waals surface area contributed by atoms with Crippen LogP contribution in [0.3, 0.4) is 0 Å². The Kier molecular flexibility index (Phi) is 4.55. The van der Waals surface area contributed by atoms with Gasteiger partial charge in [-0.3, -0.25) is 9.88 Å². The number of nitrogens with zero attached hydrogens (tertiary/aromatic N) is 6. The van der Waals surface area contributed by atoms with Gasteiger partial charge >= 0.3 is 0 Å². The molecule has 4 aromatic rings. The predicted octanol–water partition coefficient (Wildman–Crippen LogP) is 4.23. The molecule has 7 nitrogen and oxygen atoms in total. The molecule has 0 aliphatic carbocycles. The summed E-state index contributed by atoms with van der Waals surface area (Å²) in [6.07, 6.45) is 4.67. The second-order valence-electron chi connectivity index (χ2n) is 8.51. The molecule has 4 aromatic heterocycles. The number of hydrogen-bond donors (Lipinski definition) is 1. The molecule has 0 aromatic carbocycles. The number of nitrogens with one attached hydrogen (secondary N) is 1. The molecule has 1 N–H and O–H groups in total. The van der Waals surface area contributed by atoms with Crippen molar-refractivity contribution in [2.45, 2.75) is 25.4 Å². The molecule has 0 saturated carbocycles. The summed E-state index contributed by atoms with van der Waals surface area (Å²) in [5, 5.41) is 4.02. The first-order valence-corrected chi connectivity index (χ1v) is 11.5. The maximum absolute atomic E-state index is 14.4. The predicted molar refractivity (Wildman–Crippen MR) is 125 cm³/mol. The van der Waals surface area contributed by atoms with Crippen LogP contribution in [0, 0.1) is 12.7 Å². The minimum absolute atomic E-state index is 0.309. The maximum atomic E-state index is 14.4. The Labute approximate surface area is 189 Å². The molecule has 2 atom stereocenters. The van der Waals surface area contributed by atoms with Crippen LogP contribution in [-0.4, -0.2) is 57.1 Å². The van der Waals surface area contributed by atoms with E-state index in [1.54, 1.807) is 23.7 Å². The molecule has 2 aliphatic heterocycles. The minimum atomic E-state index is -0.309. The zero-order valence-electron chi connectivity index (χ0n) is 17.8. The van der Waals surface area contributed by atoms with E-state index in [9.17, 15) is 4.39 Å². The molecule has 32 heavy (non-hydrogen) atoms. The number of rotatable bonds is 4. The van der Waals surface area contributed by atoms with Gasteiger partial charge in [-0.1, -0.05) is 6.07 Å². The third kappa shape index (κ3) is 3.37. The lowest BCUT2D eigenvalue weighted by molar-refractivity contribution is 0.292. The number of aromatic nitrogens is 4. The number of pyridine rings is 3. The average molecular weight is 448 g/mol. The molecular formula is C23H22FN7S. The van der Waals surface area contributed by atoms with Crippen molar-refractivity contribution >= 4 is 39.0 Å². The van der Waals surface area contributed by atoms with Gasteiger partial charge in [0.25, 0.3) is 0 Å². The van der Waals surface area contributed by atoms with E-state index in [0.29, 0.717) is 29.5 Å². The molecule has 0 unspecified atom stereocenters. The van der Waals surface area contributed by atoms with Crippen LogP contribution < -0.4 is 10.2 Å². The van der Waals surface area contributed by atoms with Crippen LogP contribution in [-0.2, 0) is 0 Å². The first kappa shape index (κ1) is 19.5. The summed E-state index contributed by atoms with van der Waals surface area (Å²) in [6.45, 7) is 3.90. The van der Waals surface area contributed by atoms with E-state index in [0.717, 1.165) is 46.0 Å². The molecule has 9 heteroatoms. The molecular weight excluding hydrogens is 425 g/mol. The van der Waals surface area contributed by atoms with Crippen molar-refractivity contribution in [2.24, 2.45) is 0 Å². The third-order valence-corrected chi connectivity index (χ3v) is 7.34. The lowest BCUT2D eigenvalue weighted by atomic mass is 10.2. The summed E-state index contributed by atoms with van der Waals surface area (Å²) in [6, 6.07) is 9.65. The van der Waals surface area contributed by atoms with Crippen LogP contribution in [0.2, 0.25) is 0 Å². The van der Waals surface area contributed by atoms with Gasteiger partial charge in [0.15, 0.2) is 0 Å². The lowest BCUT2D eigenvalue weighted by Crippen LogP contribution is -2.44. The number of halogens is 1. The van der Waals surface area contributed by atoms with Crippen LogP contribution in [0.5, 0.6) is 0 Å². The molecule has 2 fully saturated rings.